The Bertz CT molecular complexity index is 158. The standard InChI is InChI=1S/C10H16Br2O/c11-10(12)7-4-8-13-9-5-2-1-3-6-9/h7,9H,1-6,8H2. The van der Waals surface area contributed by atoms with Gasteiger partial charge < -0.3 is 4.74 Å². The number of hydrogen-bond acceptors (Lipinski definition) is 1. The minimum absolute atomic E-state index is 0.538. The predicted octanol–water partition coefficient (Wildman–Crippen LogP) is 4.36. The highest BCUT2D eigenvalue weighted by atomic mass is 79.9. The second-order valence-electron chi connectivity index (χ2n) is 3.41. The van der Waals surface area contributed by atoms with E-state index in [0.717, 1.165) is 16.4 Å². The number of hydrogen-bond donors (Lipinski definition) is 0. The first-order valence-electron chi connectivity index (χ1n) is 4.92. The van der Waals surface area contributed by atoms with E-state index in [9.17, 15) is 0 Å². The van der Waals surface area contributed by atoms with Crippen LogP contribution in [0, 0.1) is 0 Å². The lowest BCUT2D eigenvalue weighted by Gasteiger charge is -2.21. The third kappa shape index (κ3) is 5.87. The van der Waals surface area contributed by atoms with Crippen LogP contribution in [0.3, 0.4) is 0 Å². The van der Waals surface area contributed by atoms with Crippen molar-refractivity contribution in [1.82, 2.24) is 0 Å². The summed E-state index contributed by atoms with van der Waals surface area (Å²) in [5.41, 5.74) is 0. The second kappa shape index (κ2) is 7.02. The summed E-state index contributed by atoms with van der Waals surface area (Å²) in [7, 11) is 0. The summed E-state index contributed by atoms with van der Waals surface area (Å²) in [6.07, 6.45) is 10.2. The van der Waals surface area contributed by atoms with Crippen molar-refractivity contribution in [2.45, 2.75) is 44.6 Å². The van der Waals surface area contributed by atoms with Gasteiger partial charge in [-0.25, -0.2) is 0 Å². The predicted molar refractivity (Wildman–Crippen MR) is 63.4 cm³/mol. The summed E-state index contributed by atoms with van der Waals surface area (Å²) < 4.78 is 6.77. The molecule has 1 saturated carbocycles. The zero-order valence-electron chi connectivity index (χ0n) is 7.77. The molecule has 0 aromatic heterocycles. The highest BCUT2D eigenvalue weighted by Gasteiger charge is 2.12. The Morgan fingerprint density at radius 2 is 1.92 bits per heavy atom. The molecule has 76 valence electrons. The highest BCUT2D eigenvalue weighted by Crippen LogP contribution is 2.20. The van der Waals surface area contributed by atoms with Crippen LogP contribution >= 0.6 is 31.9 Å². The molecule has 1 rings (SSSR count). The Morgan fingerprint density at radius 1 is 1.23 bits per heavy atom. The largest absolute Gasteiger partial charge is 0.378 e. The van der Waals surface area contributed by atoms with Gasteiger partial charge in [-0.15, -0.1) is 0 Å². The van der Waals surface area contributed by atoms with Crippen LogP contribution < -0.4 is 0 Å². The lowest BCUT2D eigenvalue weighted by Crippen LogP contribution is -2.16. The summed E-state index contributed by atoms with van der Waals surface area (Å²) in [6, 6.07) is 0. The van der Waals surface area contributed by atoms with Crippen LogP contribution in [0.2, 0.25) is 0 Å². The monoisotopic (exact) mass is 310 g/mol. The van der Waals surface area contributed by atoms with Gasteiger partial charge in [-0.1, -0.05) is 25.3 Å². The molecular formula is C10H16Br2O. The molecule has 1 aliphatic rings. The minimum Gasteiger partial charge on any atom is -0.378 e. The molecular weight excluding hydrogens is 296 g/mol. The smallest absolute Gasteiger partial charge is 0.0575 e. The van der Waals surface area contributed by atoms with Gasteiger partial charge in [0.05, 0.1) is 16.1 Å². The quantitative estimate of drug-likeness (QED) is 0.701. The van der Waals surface area contributed by atoms with E-state index >= 15 is 0 Å². The van der Waals surface area contributed by atoms with Gasteiger partial charge in [0.1, 0.15) is 0 Å². The first-order valence-corrected chi connectivity index (χ1v) is 6.50. The molecule has 0 aromatic carbocycles. The van der Waals surface area contributed by atoms with Gasteiger partial charge >= 0.3 is 0 Å². The van der Waals surface area contributed by atoms with E-state index in [4.69, 9.17) is 4.74 Å². The zero-order chi connectivity index (χ0) is 9.52. The van der Waals surface area contributed by atoms with Crippen LogP contribution in [-0.2, 0) is 4.74 Å². The molecule has 0 heterocycles. The van der Waals surface area contributed by atoms with Crippen LogP contribution in [0.15, 0.2) is 9.47 Å². The van der Waals surface area contributed by atoms with Crippen LogP contribution in [-0.4, -0.2) is 12.7 Å². The van der Waals surface area contributed by atoms with Gasteiger partial charge in [-0.2, -0.15) is 0 Å². The van der Waals surface area contributed by atoms with Crippen LogP contribution in [0.5, 0.6) is 0 Å². The Morgan fingerprint density at radius 3 is 2.54 bits per heavy atom. The maximum absolute atomic E-state index is 5.75. The van der Waals surface area contributed by atoms with Gasteiger partial charge in [0, 0.05) is 0 Å². The summed E-state index contributed by atoms with van der Waals surface area (Å²) >= 11 is 6.65. The first-order chi connectivity index (χ1) is 6.29. The molecule has 0 spiro atoms. The lowest BCUT2D eigenvalue weighted by molar-refractivity contribution is 0.0312. The Hall–Kier alpha value is 0.660. The molecule has 1 aliphatic carbocycles. The molecule has 13 heavy (non-hydrogen) atoms. The third-order valence-corrected chi connectivity index (χ3v) is 2.97. The second-order valence-corrected chi connectivity index (χ2v) is 6.19. The average molecular weight is 312 g/mol. The molecule has 0 amide bonds. The number of ether oxygens (including phenoxy) is 1. The highest BCUT2D eigenvalue weighted by molar-refractivity contribution is 9.28. The Balaban J connectivity index is 2.01. The topological polar surface area (TPSA) is 9.23 Å². The van der Waals surface area contributed by atoms with Crippen molar-refractivity contribution in [3.63, 3.8) is 0 Å². The number of rotatable bonds is 4. The van der Waals surface area contributed by atoms with Crippen molar-refractivity contribution >= 4 is 31.9 Å². The molecule has 1 nitrogen and oxygen atoms in total. The minimum atomic E-state index is 0.538. The van der Waals surface area contributed by atoms with Crippen molar-refractivity contribution in [3.8, 4) is 0 Å². The summed E-state index contributed by atoms with van der Waals surface area (Å²) in [4.78, 5) is 0. The van der Waals surface area contributed by atoms with E-state index in [1.54, 1.807) is 0 Å². The van der Waals surface area contributed by atoms with E-state index in [1.807, 2.05) is 0 Å². The summed E-state index contributed by atoms with van der Waals surface area (Å²) in [5.74, 6) is 0. The SMILES string of the molecule is BrC(Br)=CCCOC1CCCCC1. The van der Waals surface area contributed by atoms with E-state index in [2.05, 4.69) is 37.9 Å². The average Bonchev–Trinajstić information content (AvgIpc) is 2.14. The van der Waals surface area contributed by atoms with Crippen molar-refractivity contribution in [3.05, 3.63) is 9.47 Å². The maximum atomic E-state index is 5.75. The van der Waals surface area contributed by atoms with Crippen molar-refractivity contribution < 1.29 is 4.74 Å². The van der Waals surface area contributed by atoms with Crippen molar-refractivity contribution in [1.29, 1.82) is 0 Å². The molecule has 1 fully saturated rings. The molecule has 3 heteroatoms. The van der Waals surface area contributed by atoms with Gasteiger partial charge in [0.25, 0.3) is 0 Å². The van der Waals surface area contributed by atoms with Crippen molar-refractivity contribution in [2.24, 2.45) is 0 Å². The van der Waals surface area contributed by atoms with Crippen LogP contribution in [0.1, 0.15) is 38.5 Å². The summed E-state index contributed by atoms with van der Waals surface area (Å²) in [5, 5.41) is 0. The van der Waals surface area contributed by atoms with E-state index in [-0.39, 0.29) is 0 Å². The van der Waals surface area contributed by atoms with Gasteiger partial charge in [0.2, 0.25) is 0 Å². The van der Waals surface area contributed by atoms with Gasteiger partial charge in [-0.05, 0) is 51.1 Å². The lowest BCUT2D eigenvalue weighted by atomic mass is 9.98. The van der Waals surface area contributed by atoms with E-state index in [1.165, 1.54) is 32.1 Å². The molecule has 0 saturated heterocycles. The molecule has 0 bridgehead atoms. The van der Waals surface area contributed by atoms with E-state index < -0.39 is 0 Å². The molecule has 0 radical (unpaired) electrons. The zero-order valence-corrected chi connectivity index (χ0v) is 10.9. The van der Waals surface area contributed by atoms with Gasteiger partial charge in [0.15, 0.2) is 0 Å². The molecule has 0 unspecified atom stereocenters. The fourth-order valence-electron chi connectivity index (χ4n) is 1.63. The molecule has 0 aromatic rings. The fourth-order valence-corrected chi connectivity index (χ4v) is 2.09. The fraction of sp³-hybridized carbons (Fsp3) is 0.800. The Kier molecular flexibility index (Phi) is 6.33. The molecule has 0 aliphatic heterocycles. The Labute approximate surface area is 97.2 Å². The van der Waals surface area contributed by atoms with Gasteiger partial charge in [-0.3, -0.25) is 0 Å². The van der Waals surface area contributed by atoms with Crippen molar-refractivity contribution in [2.75, 3.05) is 6.61 Å². The van der Waals surface area contributed by atoms with Crippen LogP contribution in [0.25, 0.3) is 0 Å². The maximum Gasteiger partial charge on any atom is 0.0575 e. The molecule has 0 atom stereocenters. The van der Waals surface area contributed by atoms with Crippen LogP contribution in [0.4, 0.5) is 0 Å². The number of halogens is 2. The first kappa shape index (κ1) is 11.7. The van der Waals surface area contributed by atoms with E-state index in [0.29, 0.717) is 6.10 Å². The molecule has 0 N–H and O–H groups in total. The third-order valence-electron chi connectivity index (χ3n) is 2.32. The summed E-state index contributed by atoms with van der Waals surface area (Å²) in [6.45, 7) is 0.853. The normalized spacial score (nSPS) is 18.6.